The van der Waals surface area contributed by atoms with Crippen molar-refractivity contribution in [1.82, 2.24) is 10.2 Å². The highest BCUT2D eigenvalue weighted by atomic mass is 16.5. The van der Waals surface area contributed by atoms with Crippen molar-refractivity contribution in [2.75, 3.05) is 26.2 Å². The molecule has 1 N–H and O–H groups in total. The van der Waals surface area contributed by atoms with Gasteiger partial charge in [-0.3, -0.25) is 4.90 Å². The smallest absolute Gasteiger partial charge is 0.0760 e. The molecule has 1 saturated carbocycles. The Morgan fingerprint density at radius 3 is 2.11 bits per heavy atom. The lowest BCUT2D eigenvalue weighted by Gasteiger charge is -2.49. The van der Waals surface area contributed by atoms with Gasteiger partial charge in [0.05, 0.1) is 11.2 Å². The summed E-state index contributed by atoms with van der Waals surface area (Å²) >= 11 is 0. The fraction of sp³-hybridized carbons (Fsp3) is 1.00. The summed E-state index contributed by atoms with van der Waals surface area (Å²) in [6.07, 6.45) is 2.74. The molecule has 112 valence electrons. The standard InChI is InChI=1S/C16H32N2O/c1-14(2,9-17-13-7-8-13)10-18-11-15(3,4)19-16(5,6)12-18/h13,17H,7-12H2,1-6H3. The minimum atomic E-state index is -0.0399. The Kier molecular flexibility index (Phi) is 4.03. The Labute approximate surface area is 119 Å². The van der Waals surface area contributed by atoms with Crippen LogP contribution in [-0.4, -0.2) is 48.3 Å². The summed E-state index contributed by atoms with van der Waals surface area (Å²) in [6.45, 7) is 17.9. The normalized spacial score (nSPS) is 27.5. The summed E-state index contributed by atoms with van der Waals surface area (Å²) in [5, 5.41) is 3.67. The maximum absolute atomic E-state index is 6.16. The monoisotopic (exact) mass is 268 g/mol. The van der Waals surface area contributed by atoms with Gasteiger partial charge in [0.1, 0.15) is 0 Å². The van der Waals surface area contributed by atoms with Crippen molar-refractivity contribution in [3.8, 4) is 0 Å². The van der Waals surface area contributed by atoms with Crippen LogP contribution < -0.4 is 5.32 Å². The molecule has 0 bridgehead atoms. The van der Waals surface area contributed by atoms with Gasteiger partial charge < -0.3 is 10.1 Å². The Balaban J connectivity index is 1.89. The highest BCUT2D eigenvalue weighted by molar-refractivity contribution is 4.92. The molecule has 0 aromatic rings. The molecule has 3 heteroatoms. The molecule has 1 aliphatic heterocycles. The lowest BCUT2D eigenvalue weighted by molar-refractivity contribution is -0.184. The molecule has 1 aliphatic carbocycles. The second-order valence-electron chi connectivity index (χ2n) is 8.59. The molecule has 0 unspecified atom stereocenters. The van der Waals surface area contributed by atoms with Crippen LogP contribution in [0.5, 0.6) is 0 Å². The third kappa shape index (κ3) is 5.05. The SMILES string of the molecule is CC(C)(CNC1CC1)CN1CC(C)(C)OC(C)(C)C1. The van der Waals surface area contributed by atoms with E-state index in [2.05, 4.69) is 51.8 Å². The summed E-state index contributed by atoms with van der Waals surface area (Å²) in [5.74, 6) is 0. The Morgan fingerprint density at radius 1 is 1.11 bits per heavy atom. The first-order valence-electron chi connectivity index (χ1n) is 7.73. The molecular weight excluding hydrogens is 236 g/mol. The topological polar surface area (TPSA) is 24.5 Å². The second-order valence-corrected chi connectivity index (χ2v) is 8.59. The van der Waals surface area contributed by atoms with E-state index in [1.807, 2.05) is 0 Å². The van der Waals surface area contributed by atoms with E-state index in [1.165, 1.54) is 12.8 Å². The predicted octanol–water partition coefficient (Wildman–Crippen LogP) is 2.65. The van der Waals surface area contributed by atoms with Crippen LogP contribution in [0.4, 0.5) is 0 Å². The zero-order valence-electron chi connectivity index (χ0n) is 13.7. The highest BCUT2D eigenvalue weighted by Gasteiger charge is 2.39. The Morgan fingerprint density at radius 2 is 1.63 bits per heavy atom. The quantitative estimate of drug-likeness (QED) is 0.829. The van der Waals surface area contributed by atoms with Crippen LogP contribution in [0.3, 0.4) is 0 Å². The summed E-state index contributed by atoms with van der Waals surface area (Å²) < 4.78 is 6.16. The molecule has 3 nitrogen and oxygen atoms in total. The van der Waals surface area contributed by atoms with Gasteiger partial charge in [0.15, 0.2) is 0 Å². The van der Waals surface area contributed by atoms with E-state index in [0.717, 1.165) is 32.2 Å². The molecule has 2 rings (SSSR count). The van der Waals surface area contributed by atoms with Gasteiger partial charge in [-0.1, -0.05) is 13.8 Å². The predicted molar refractivity (Wildman–Crippen MR) is 80.5 cm³/mol. The van der Waals surface area contributed by atoms with Crippen LogP contribution in [0.25, 0.3) is 0 Å². The molecule has 1 saturated heterocycles. The van der Waals surface area contributed by atoms with Crippen molar-refractivity contribution < 1.29 is 4.74 Å². The molecular formula is C16H32N2O. The molecule has 0 amide bonds. The van der Waals surface area contributed by atoms with Gasteiger partial charge in [-0.25, -0.2) is 0 Å². The number of morpholine rings is 1. The number of hydrogen-bond acceptors (Lipinski definition) is 3. The lowest BCUT2D eigenvalue weighted by atomic mass is 9.90. The van der Waals surface area contributed by atoms with Gasteiger partial charge in [0.2, 0.25) is 0 Å². The fourth-order valence-corrected chi connectivity index (χ4v) is 3.43. The highest BCUT2D eigenvalue weighted by Crippen LogP contribution is 2.30. The Bertz CT molecular complexity index is 303. The van der Waals surface area contributed by atoms with Gasteiger partial charge in [-0.2, -0.15) is 0 Å². The molecule has 2 aliphatic rings. The maximum Gasteiger partial charge on any atom is 0.0760 e. The van der Waals surface area contributed by atoms with Crippen molar-refractivity contribution in [3.63, 3.8) is 0 Å². The molecule has 0 radical (unpaired) electrons. The Hall–Kier alpha value is -0.120. The first kappa shape index (κ1) is 15.3. The van der Waals surface area contributed by atoms with Crippen molar-refractivity contribution >= 4 is 0 Å². The molecule has 0 aromatic carbocycles. The number of nitrogens with one attached hydrogen (secondary N) is 1. The van der Waals surface area contributed by atoms with Crippen LogP contribution >= 0.6 is 0 Å². The van der Waals surface area contributed by atoms with Crippen LogP contribution in [0, 0.1) is 5.41 Å². The van der Waals surface area contributed by atoms with E-state index in [4.69, 9.17) is 4.74 Å². The van der Waals surface area contributed by atoms with Crippen LogP contribution in [0.2, 0.25) is 0 Å². The van der Waals surface area contributed by atoms with E-state index >= 15 is 0 Å². The number of ether oxygens (including phenoxy) is 1. The fourth-order valence-electron chi connectivity index (χ4n) is 3.43. The zero-order chi connectivity index (χ0) is 14.3. The van der Waals surface area contributed by atoms with Crippen molar-refractivity contribution in [3.05, 3.63) is 0 Å². The van der Waals surface area contributed by atoms with E-state index in [0.29, 0.717) is 5.41 Å². The third-order valence-electron chi connectivity index (χ3n) is 3.86. The molecule has 0 spiro atoms. The summed E-state index contributed by atoms with van der Waals surface area (Å²) in [7, 11) is 0. The third-order valence-corrected chi connectivity index (χ3v) is 3.86. The zero-order valence-corrected chi connectivity index (χ0v) is 13.7. The lowest BCUT2D eigenvalue weighted by Crippen LogP contribution is -2.59. The average molecular weight is 268 g/mol. The van der Waals surface area contributed by atoms with Gasteiger partial charge in [0.25, 0.3) is 0 Å². The molecule has 0 atom stereocenters. The average Bonchev–Trinajstić information content (AvgIpc) is 2.90. The van der Waals surface area contributed by atoms with Gasteiger partial charge >= 0.3 is 0 Å². The summed E-state index contributed by atoms with van der Waals surface area (Å²) in [6, 6.07) is 0.803. The van der Waals surface area contributed by atoms with Gasteiger partial charge in [-0.05, 0) is 46.0 Å². The van der Waals surface area contributed by atoms with Crippen LogP contribution in [-0.2, 0) is 4.74 Å². The van der Waals surface area contributed by atoms with Crippen LogP contribution in [0.1, 0.15) is 54.4 Å². The van der Waals surface area contributed by atoms with Crippen molar-refractivity contribution in [2.45, 2.75) is 71.6 Å². The maximum atomic E-state index is 6.16. The molecule has 0 aromatic heterocycles. The van der Waals surface area contributed by atoms with E-state index < -0.39 is 0 Å². The largest absolute Gasteiger partial charge is 0.367 e. The summed E-state index contributed by atoms with van der Waals surface area (Å²) in [4.78, 5) is 2.58. The van der Waals surface area contributed by atoms with Gasteiger partial charge in [-0.15, -0.1) is 0 Å². The molecule has 19 heavy (non-hydrogen) atoms. The van der Waals surface area contributed by atoms with Crippen molar-refractivity contribution in [1.29, 1.82) is 0 Å². The van der Waals surface area contributed by atoms with Crippen molar-refractivity contribution in [2.24, 2.45) is 5.41 Å². The minimum Gasteiger partial charge on any atom is -0.367 e. The first-order valence-corrected chi connectivity index (χ1v) is 7.73. The van der Waals surface area contributed by atoms with Gasteiger partial charge in [0, 0.05) is 32.2 Å². The van der Waals surface area contributed by atoms with E-state index in [1.54, 1.807) is 0 Å². The number of nitrogens with zero attached hydrogens (tertiary/aromatic N) is 1. The molecule has 2 fully saturated rings. The first-order chi connectivity index (χ1) is 8.57. The molecule has 1 heterocycles. The van der Waals surface area contributed by atoms with E-state index in [-0.39, 0.29) is 11.2 Å². The van der Waals surface area contributed by atoms with E-state index in [9.17, 15) is 0 Å². The summed E-state index contributed by atoms with van der Waals surface area (Å²) in [5.41, 5.74) is 0.246. The number of hydrogen-bond donors (Lipinski definition) is 1. The second kappa shape index (κ2) is 5.01. The van der Waals surface area contributed by atoms with Crippen LogP contribution in [0.15, 0.2) is 0 Å². The minimum absolute atomic E-state index is 0.0399. The number of rotatable bonds is 5.